The molecule has 8 heteroatoms. The molecule has 1 unspecified atom stereocenters. The molecule has 0 saturated carbocycles. The van der Waals surface area contributed by atoms with Gasteiger partial charge in [0.25, 0.3) is 11.6 Å². The molecule has 1 amide bonds. The van der Waals surface area contributed by atoms with Crippen molar-refractivity contribution in [3.63, 3.8) is 0 Å². The van der Waals surface area contributed by atoms with Crippen molar-refractivity contribution in [2.45, 2.75) is 13.0 Å². The zero-order valence-corrected chi connectivity index (χ0v) is 10.6. The first-order valence-electron chi connectivity index (χ1n) is 5.06. The van der Waals surface area contributed by atoms with Gasteiger partial charge in [-0.25, -0.2) is 4.98 Å². The van der Waals surface area contributed by atoms with E-state index in [1.165, 1.54) is 11.9 Å². The molecule has 98 valence electrons. The number of carbonyl (C=O) groups excluding carboxylic acids is 1. The Bertz CT molecular complexity index is 480. The number of pyridine rings is 1. The molecule has 1 heterocycles. The molecule has 1 aromatic heterocycles. The second-order valence-corrected chi connectivity index (χ2v) is 4.12. The normalized spacial score (nSPS) is 12.0. The van der Waals surface area contributed by atoms with Gasteiger partial charge in [-0.05, 0) is 13.0 Å². The van der Waals surface area contributed by atoms with E-state index in [1.807, 2.05) is 0 Å². The molecule has 0 aliphatic heterocycles. The van der Waals surface area contributed by atoms with E-state index in [4.69, 9.17) is 16.7 Å². The summed E-state index contributed by atoms with van der Waals surface area (Å²) in [5.74, 6) is -0.590. The average molecular weight is 274 g/mol. The molecule has 1 rings (SSSR count). The van der Waals surface area contributed by atoms with E-state index >= 15 is 0 Å². The molecule has 18 heavy (non-hydrogen) atoms. The van der Waals surface area contributed by atoms with E-state index in [9.17, 15) is 14.9 Å². The van der Waals surface area contributed by atoms with Crippen LogP contribution in [0.15, 0.2) is 12.3 Å². The zero-order valence-electron chi connectivity index (χ0n) is 9.83. The van der Waals surface area contributed by atoms with E-state index in [1.54, 1.807) is 6.92 Å². The van der Waals surface area contributed by atoms with Crippen molar-refractivity contribution >= 4 is 23.2 Å². The highest BCUT2D eigenvalue weighted by Crippen LogP contribution is 2.22. The first-order valence-corrected chi connectivity index (χ1v) is 5.44. The quantitative estimate of drug-likeness (QED) is 0.503. The smallest absolute Gasteiger partial charge is 0.300 e. The van der Waals surface area contributed by atoms with Gasteiger partial charge in [0.1, 0.15) is 16.9 Å². The predicted octanol–water partition coefficient (Wildman–Crippen LogP) is 1.10. The summed E-state index contributed by atoms with van der Waals surface area (Å²) in [6.07, 6.45) is 0.938. The van der Waals surface area contributed by atoms with Gasteiger partial charge in [-0.15, -0.1) is 0 Å². The van der Waals surface area contributed by atoms with E-state index < -0.39 is 22.6 Å². The summed E-state index contributed by atoms with van der Waals surface area (Å²) < 4.78 is 0. The predicted molar refractivity (Wildman–Crippen MR) is 64.5 cm³/mol. The van der Waals surface area contributed by atoms with Gasteiger partial charge < -0.3 is 10.0 Å². The lowest BCUT2D eigenvalue weighted by Gasteiger charge is -2.22. The summed E-state index contributed by atoms with van der Waals surface area (Å²) in [4.78, 5) is 26.9. The monoisotopic (exact) mass is 273 g/mol. The Labute approximate surface area is 108 Å². The fourth-order valence-corrected chi connectivity index (χ4v) is 1.41. The van der Waals surface area contributed by atoms with Crippen molar-refractivity contribution in [2.24, 2.45) is 0 Å². The average Bonchev–Trinajstić information content (AvgIpc) is 2.35. The number of nitrogens with zero attached hydrogens (tertiary/aromatic N) is 3. The van der Waals surface area contributed by atoms with E-state index in [-0.39, 0.29) is 17.3 Å². The summed E-state index contributed by atoms with van der Waals surface area (Å²) in [5, 5.41) is 19.8. The fourth-order valence-electron chi connectivity index (χ4n) is 1.25. The number of amides is 1. The molecule has 0 fully saturated rings. The van der Waals surface area contributed by atoms with Crippen LogP contribution in [0.25, 0.3) is 0 Å². The van der Waals surface area contributed by atoms with Crippen LogP contribution in [-0.2, 0) is 0 Å². The Balaban J connectivity index is 3.19. The van der Waals surface area contributed by atoms with Crippen LogP contribution < -0.4 is 0 Å². The first-order chi connectivity index (χ1) is 8.38. The molecular formula is C10H12ClN3O4. The van der Waals surface area contributed by atoms with E-state index in [0.717, 1.165) is 12.3 Å². The standard InChI is InChI=1S/C10H12ClN3O4/c1-6(5-15)13(2)10(16)7-3-9(11)12-4-8(7)14(17)18/h3-4,6,15H,5H2,1-2H3. The third-order valence-corrected chi connectivity index (χ3v) is 2.73. The van der Waals surface area contributed by atoms with Crippen molar-refractivity contribution in [1.82, 2.24) is 9.88 Å². The van der Waals surface area contributed by atoms with Gasteiger partial charge in [-0.1, -0.05) is 11.6 Å². The summed E-state index contributed by atoms with van der Waals surface area (Å²) >= 11 is 5.63. The Morgan fingerprint density at radius 3 is 2.83 bits per heavy atom. The van der Waals surface area contributed by atoms with Crippen molar-refractivity contribution in [3.8, 4) is 0 Å². The van der Waals surface area contributed by atoms with Gasteiger partial charge >= 0.3 is 0 Å². The molecule has 0 aromatic carbocycles. The third-order valence-electron chi connectivity index (χ3n) is 2.52. The Hall–Kier alpha value is -1.73. The molecule has 0 radical (unpaired) electrons. The minimum absolute atomic E-state index is 0.00555. The minimum atomic E-state index is -0.700. The van der Waals surface area contributed by atoms with Crippen molar-refractivity contribution in [2.75, 3.05) is 13.7 Å². The maximum atomic E-state index is 12.0. The second kappa shape index (κ2) is 5.74. The lowest BCUT2D eigenvalue weighted by Crippen LogP contribution is -2.37. The highest BCUT2D eigenvalue weighted by atomic mass is 35.5. The topological polar surface area (TPSA) is 96.6 Å². The van der Waals surface area contributed by atoms with Gasteiger partial charge in [-0.2, -0.15) is 0 Å². The van der Waals surface area contributed by atoms with Crippen LogP contribution >= 0.6 is 11.6 Å². The lowest BCUT2D eigenvalue weighted by molar-refractivity contribution is -0.385. The van der Waals surface area contributed by atoms with Gasteiger partial charge in [0, 0.05) is 7.05 Å². The number of carbonyl (C=O) groups is 1. The Morgan fingerprint density at radius 2 is 2.33 bits per heavy atom. The van der Waals surface area contributed by atoms with Crippen LogP contribution in [0.4, 0.5) is 5.69 Å². The molecule has 0 aliphatic rings. The van der Waals surface area contributed by atoms with E-state index in [2.05, 4.69) is 4.98 Å². The first kappa shape index (κ1) is 14.3. The number of rotatable bonds is 4. The fraction of sp³-hybridized carbons (Fsp3) is 0.400. The summed E-state index contributed by atoms with van der Waals surface area (Å²) in [6, 6.07) is 0.687. The molecule has 1 aromatic rings. The third kappa shape index (κ3) is 2.93. The van der Waals surface area contributed by atoms with Crippen molar-refractivity contribution in [1.29, 1.82) is 0 Å². The minimum Gasteiger partial charge on any atom is -0.394 e. The number of hydrogen-bond acceptors (Lipinski definition) is 5. The summed E-state index contributed by atoms with van der Waals surface area (Å²) in [7, 11) is 1.45. The van der Waals surface area contributed by atoms with Crippen LogP contribution in [0.3, 0.4) is 0 Å². The largest absolute Gasteiger partial charge is 0.394 e. The highest BCUT2D eigenvalue weighted by Gasteiger charge is 2.26. The maximum Gasteiger partial charge on any atom is 0.300 e. The number of hydrogen-bond donors (Lipinski definition) is 1. The van der Waals surface area contributed by atoms with Crippen LogP contribution in [0.5, 0.6) is 0 Å². The summed E-state index contributed by atoms with van der Waals surface area (Å²) in [5.41, 5.74) is -0.566. The Morgan fingerprint density at radius 1 is 1.72 bits per heavy atom. The zero-order chi connectivity index (χ0) is 13.9. The Kier molecular flexibility index (Phi) is 4.57. The highest BCUT2D eigenvalue weighted by molar-refractivity contribution is 6.29. The van der Waals surface area contributed by atoms with Crippen LogP contribution in [0, 0.1) is 10.1 Å². The van der Waals surface area contributed by atoms with Crippen molar-refractivity contribution in [3.05, 3.63) is 33.1 Å². The molecule has 0 bridgehead atoms. The number of nitro groups is 1. The molecular weight excluding hydrogens is 262 g/mol. The molecule has 7 nitrogen and oxygen atoms in total. The SMILES string of the molecule is CC(CO)N(C)C(=O)c1cc(Cl)ncc1[N+](=O)[O-]. The maximum absolute atomic E-state index is 12.0. The van der Waals surface area contributed by atoms with Gasteiger partial charge in [0.15, 0.2) is 0 Å². The second-order valence-electron chi connectivity index (χ2n) is 3.73. The lowest BCUT2D eigenvalue weighted by atomic mass is 10.2. The van der Waals surface area contributed by atoms with Gasteiger partial charge in [0.05, 0.1) is 17.6 Å². The molecule has 0 saturated heterocycles. The molecule has 1 N–H and O–H groups in total. The van der Waals surface area contributed by atoms with Gasteiger partial charge in [0.2, 0.25) is 0 Å². The molecule has 1 atom stereocenters. The molecule has 0 spiro atoms. The number of aromatic nitrogens is 1. The summed E-state index contributed by atoms with van der Waals surface area (Å²) in [6.45, 7) is 1.38. The van der Waals surface area contributed by atoms with Crippen LogP contribution in [0.1, 0.15) is 17.3 Å². The van der Waals surface area contributed by atoms with Crippen molar-refractivity contribution < 1.29 is 14.8 Å². The van der Waals surface area contributed by atoms with Crippen LogP contribution in [0.2, 0.25) is 5.15 Å². The number of halogens is 1. The molecule has 0 aliphatic carbocycles. The van der Waals surface area contributed by atoms with E-state index in [0.29, 0.717) is 0 Å². The van der Waals surface area contributed by atoms with Gasteiger partial charge in [-0.3, -0.25) is 14.9 Å². The van der Waals surface area contributed by atoms with Crippen LogP contribution in [-0.4, -0.2) is 45.5 Å². The number of likely N-dealkylation sites (N-methyl/N-ethyl adjacent to an activating group) is 1. The number of aliphatic hydroxyl groups excluding tert-OH is 1. The number of aliphatic hydroxyl groups is 1.